The maximum atomic E-state index is 12.6. The van der Waals surface area contributed by atoms with Gasteiger partial charge in [0, 0.05) is 51.2 Å². The zero-order valence-electron chi connectivity index (χ0n) is 13.7. The van der Waals surface area contributed by atoms with Crippen LogP contribution in [0.3, 0.4) is 0 Å². The SMILES string of the molecule is Cn1cc(C(=O)N2CCC(Oc3ccc(Cl)cc3)CC2)n(C)c1=O. The molecule has 0 radical (unpaired) electrons. The number of carbonyl (C=O) groups excluding carboxylic acids is 1. The Hall–Kier alpha value is -2.21. The Morgan fingerprint density at radius 3 is 2.33 bits per heavy atom. The summed E-state index contributed by atoms with van der Waals surface area (Å²) in [5.41, 5.74) is 0.221. The van der Waals surface area contributed by atoms with Gasteiger partial charge in [0.1, 0.15) is 17.5 Å². The van der Waals surface area contributed by atoms with E-state index in [9.17, 15) is 9.59 Å². The van der Waals surface area contributed by atoms with Gasteiger partial charge in [-0.15, -0.1) is 0 Å². The molecular weight excluding hydrogens is 330 g/mol. The summed E-state index contributed by atoms with van der Waals surface area (Å²) in [6.07, 6.45) is 3.18. The Morgan fingerprint density at radius 2 is 1.79 bits per heavy atom. The third kappa shape index (κ3) is 3.33. The maximum Gasteiger partial charge on any atom is 0.328 e. The van der Waals surface area contributed by atoms with Crippen molar-refractivity contribution < 1.29 is 9.53 Å². The number of halogens is 1. The molecule has 0 aliphatic carbocycles. The summed E-state index contributed by atoms with van der Waals surface area (Å²) in [6, 6.07) is 7.29. The van der Waals surface area contributed by atoms with Crippen LogP contribution in [0.15, 0.2) is 35.3 Å². The minimum Gasteiger partial charge on any atom is -0.490 e. The van der Waals surface area contributed by atoms with Crippen LogP contribution in [0.2, 0.25) is 5.02 Å². The van der Waals surface area contributed by atoms with Crippen LogP contribution in [0.1, 0.15) is 23.3 Å². The second-order valence-corrected chi connectivity index (χ2v) is 6.47. The number of nitrogens with zero attached hydrogens (tertiary/aromatic N) is 3. The van der Waals surface area contributed by atoms with Gasteiger partial charge in [0.2, 0.25) is 0 Å². The largest absolute Gasteiger partial charge is 0.490 e. The van der Waals surface area contributed by atoms with Crippen LogP contribution in [0, 0.1) is 0 Å². The quantitative estimate of drug-likeness (QED) is 0.852. The van der Waals surface area contributed by atoms with Gasteiger partial charge in [0.05, 0.1) is 0 Å². The van der Waals surface area contributed by atoms with E-state index in [0.29, 0.717) is 23.8 Å². The number of hydrogen-bond acceptors (Lipinski definition) is 3. The van der Waals surface area contributed by atoms with Gasteiger partial charge in [-0.1, -0.05) is 11.6 Å². The van der Waals surface area contributed by atoms with Gasteiger partial charge in [-0.05, 0) is 24.3 Å². The van der Waals surface area contributed by atoms with Gasteiger partial charge in [-0.2, -0.15) is 0 Å². The van der Waals surface area contributed by atoms with Crippen molar-refractivity contribution in [3.63, 3.8) is 0 Å². The molecule has 6 nitrogen and oxygen atoms in total. The molecule has 0 saturated carbocycles. The van der Waals surface area contributed by atoms with Crippen LogP contribution < -0.4 is 10.4 Å². The Morgan fingerprint density at radius 1 is 1.17 bits per heavy atom. The van der Waals surface area contributed by atoms with Crippen LogP contribution in [-0.2, 0) is 14.1 Å². The molecule has 2 aromatic rings. The Labute approximate surface area is 145 Å². The zero-order chi connectivity index (χ0) is 17.3. The second-order valence-electron chi connectivity index (χ2n) is 6.03. The van der Waals surface area contributed by atoms with E-state index in [0.717, 1.165) is 18.6 Å². The summed E-state index contributed by atoms with van der Waals surface area (Å²) in [5, 5.41) is 0.677. The van der Waals surface area contributed by atoms with E-state index in [1.807, 2.05) is 12.1 Å². The van der Waals surface area contributed by atoms with E-state index in [2.05, 4.69) is 0 Å². The van der Waals surface area contributed by atoms with Crippen LogP contribution in [0.5, 0.6) is 5.75 Å². The number of carbonyl (C=O) groups is 1. The first-order valence-corrected chi connectivity index (χ1v) is 8.27. The van der Waals surface area contributed by atoms with Crippen molar-refractivity contribution in [3.8, 4) is 5.75 Å². The number of benzene rings is 1. The molecule has 3 rings (SSSR count). The van der Waals surface area contributed by atoms with Crippen molar-refractivity contribution in [1.29, 1.82) is 0 Å². The number of aromatic nitrogens is 2. The predicted octanol–water partition coefficient (Wildman–Crippen LogP) is 2.06. The molecule has 0 atom stereocenters. The molecule has 1 aliphatic heterocycles. The Balaban J connectivity index is 1.60. The molecule has 1 aliphatic rings. The van der Waals surface area contributed by atoms with Crippen LogP contribution >= 0.6 is 11.6 Å². The first-order chi connectivity index (χ1) is 11.5. The molecule has 0 unspecified atom stereocenters. The first-order valence-electron chi connectivity index (χ1n) is 7.89. The molecule has 2 heterocycles. The molecular formula is C17H20ClN3O3. The lowest BCUT2D eigenvalue weighted by Gasteiger charge is -2.32. The average Bonchev–Trinajstić information content (AvgIpc) is 2.84. The van der Waals surface area contributed by atoms with Gasteiger partial charge < -0.3 is 14.2 Å². The van der Waals surface area contributed by atoms with Crippen LogP contribution in [0.25, 0.3) is 0 Å². The lowest BCUT2D eigenvalue weighted by molar-refractivity contribution is 0.0586. The van der Waals surface area contributed by atoms with Crippen molar-refractivity contribution in [2.75, 3.05) is 13.1 Å². The smallest absolute Gasteiger partial charge is 0.328 e. The third-order valence-corrected chi connectivity index (χ3v) is 4.58. The van der Waals surface area contributed by atoms with Gasteiger partial charge in [-0.25, -0.2) is 4.79 Å². The van der Waals surface area contributed by atoms with Crippen LogP contribution in [-0.4, -0.2) is 39.1 Å². The fourth-order valence-corrected chi connectivity index (χ4v) is 3.03. The highest BCUT2D eigenvalue weighted by Crippen LogP contribution is 2.21. The van der Waals surface area contributed by atoms with Gasteiger partial charge in [0.15, 0.2) is 0 Å². The molecule has 0 spiro atoms. The lowest BCUT2D eigenvalue weighted by Crippen LogP contribution is -2.42. The highest BCUT2D eigenvalue weighted by Gasteiger charge is 2.26. The van der Waals surface area contributed by atoms with Crippen molar-refractivity contribution in [2.45, 2.75) is 18.9 Å². The summed E-state index contributed by atoms with van der Waals surface area (Å²) >= 11 is 5.87. The van der Waals surface area contributed by atoms with Gasteiger partial charge in [0.25, 0.3) is 5.91 Å². The number of hydrogen-bond donors (Lipinski definition) is 0. The number of aryl methyl sites for hydroxylation is 1. The maximum absolute atomic E-state index is 12.6. The highest BCUT2D eigenvalue weighted by molar-refractivity contribution is 6.30. The molecule has 1 saturated heterocycles. The predicted molar refractivity (Wildman–Crippen MR) is 91.7 cm³/mol. The Kier molecular flexibility index (Phi) is 4.66. The number of likely N-dealkylation sites (tertiary alicyclic amines) is 1. The molecule has 0 N–H and O–H groups in total. The van der Waals surface area contributed by atoms with Gasteiger partial charge >= 0.3 is 5.69 Å². The van der Waals surface area contributed by atoms with Crippen molar-refractivity contribution in [3.05, 3.63) is 51.7 Å². The minimum absolute atomic E-state index is 0.0785. The first kappa shape index (κ1) is 16.6. The zero-order valence-corrected chi connectivity index (χ0v) is 14.5. The van der Waals surface area contributed by atoms with E-state index >= 15 is 0 Å². The number of imidazole rings is 1. The van der Waals surface area contributed by atoms with E-state index in [1.165, 1.54) is 9.13 Å². The molecule has 24 heavy (non-hydrogen) atoms. The van der Waals surface area contributed by atoms with E-state index in [-0.39, 0.29) is 17.7 Å². The monoisotopic (exact) mass is 349 g/mol. The van der Waals surface area contributed by atoms with E-state index in [1.54, 1.807) is 37.3 Å². The van der Waals surface area contributed by atoms with Gasteiger partial charge in [-0.3, -0.25) is 9.36 Å². The van der Waals surface area contributed by atoms with E-state index in [4.69, 9.17) is 16.3 Å². The van der Waals surface area contributed by atoms with Crippen LogP contribution in [0.4, 0.5) is 0 Å². The molecule has 1 amide bonds. The molecule has 1 aromatic heterocycles. The highest BCUT2D eigenvalue weighted by atomic mass is 35.5. The molecule has 1 aromatic carbocycles. The second kappa shape index (κ2) is 6.73. The van der Waals surface area contributed by atoms with Crippen molar-refractivity contribution in [2.24, 2.45) is 14.1 Å². The number of amides is 1. The molecule has 0 bridgehead atoms. The standard InChI is InChI=1S/C17H20ClN3O3/c1-19-11-15(20(2)17(19)23)16(22)21-9-7-14(8-10-21)24-13-5-3-12(18)4-6-13/h3-6,11,14H,7-10H2,1-2H3. The number of piperidine rings is 1. The summed E-state index contributed by atoms with van der Waals surface area (Å²) in [5.74, 6) is 0.676. The lowest BCUT2D eigenvalue weighted by atomic mass is 10.1. The summed E-state index contributed by atoms with van der Waals surface area (Å²) in [6.45, 7) is 1.22. The van der Waals surface area contributed by atoms with Crippen molar-refractivity contribution >= 4 is 17.5 Å². The fourth-order valence-electron chi connectivity index (χ4n) is 2.91. The normalized spacial score (nSPS) is 15.5. The summed E-state index contributed by atoms with van der Waals surface area (Å²) in [4.78, 5) is 26.1. The fraction of sp³-hybridized carbons (Fsp3) is 0.412. The molecule has 1 fully saturated rings. The minimum atomic E-state index is -0.195. The molecule has 7 heteroatoms. The summed E-state index contributed by atoms with van der Waals surface area (Å²) in [7, 11) is 3.26. The summed E-state index contributed by atoms with van der Waals surface area (Å²) < 4.78 is 8.74. The third-order valence-electron chi connectivity index (χ3n) is 4.33. The average molecular weight is 350 g/mol. The Bertz CT molecular complexity index is 786. The topological polar surface area (TPSA) is 56.5 Å². The molecule has 128 valence electrons. The number of ether oxygens (including phenoxy) is 1. The number of rotatable bonds is 3. The van der Waals surface area contributed by atoms with Crippen molar-refractivity contribution in [1.82, 2.24) is 14.0 Å². The van der Waals surface area contributed by atoms with E-state index < -0.39 is 0 Å².